The molecule has 21 heavy (non-hydrogen) atoms. The van der Waals surface area contributed by atoms with Crippen LogP contribution in [0.1, 0.15) is 21.5 Å². The minimum absolute atomic E-state index is 0.000848. The van der Waals surface area contributed by atoms with Gasteiger partial charge in [-0.2, -0.15) is 13.2 Å². The first kappa shape index (κ1) is 15.0. The topological polar surface area (TPSA) is 29.1 Å². The number of amides is 1. The van der Waals surface area contributed by atoms with E-state index in [4.69, 9.17) is 0 Å². The van der Waals surface area contributed by atoms with Crippen molar-refractivity contribution in [2.75, 3.05) is 0 Å². The maximum absolute atomic E-state index is 13.6. The number of rotatable bonds is 3. The zero-order chi connectivity index (χ0) is 15.5. The van der Waals surface area contributed by atoms with Crippen LogP contribution in [0.5, 0.6) is 0 Å². The van der Waals surface area contributed by atoms with Gasteiger partial charge in [-0.3, -0.25) is 4.79 Å². The highest BCUT2D eigenvalue weighted by Gasteiger charge is 2.36. The van der Waals surface area contributed by atoms with E-state index in [1.54, 1.807) is 24.3 Å². The van der Waals surface area contributed by atoms with E-state index in [0.29, 0.717) is 11.6 Å². The third-order valence-corrected chi connectivity index (χ3v) is 2.79. The van der Waals surface area contributed by atoms with Gasteiger partial charge in [0, 0.05) is 6.54 Å². The monoisotopic (exact) mass is 296 g/mol. The first-order valence-electron chi connectivity index (χ1n) is 5.98. The van der Waals surface area contributed by atoms with Gasteiger partial charge in [-0.1, -0.05) is 30.3 Å². The maximum Gasteiger partial charge on any atom is 0.417 e. The Morgan fingerprint density at radius 3 is 2.43 bits per heavy atom. The number of carbonyl (C=O) groups excluding carboxylic acids is 1. The molecule has 109 valence electrons. The number of alkyl halides is 3. The Kier molecular flexibility index (Phi) is 4.26. The van der Waals surface area contributed by atoms with E-state index >= 15 is 0 Å². The third-order valence-electron chi connectivity index (χ3n) is 2.79. The molecule has 0 aliphatic rings. The molecule has 0 spiro atoms. The summed E-state index contributed by atoms with van der Waals surface area (Å²) >= 11 is 0. The molecule has 0 aliphatic heterocycles. The normalized spacial score (nSPS) is 11.2. The SMILES string of the molecule is O=C(NCc1cc[c]cc1)c1c(F)cccc1C(F)(F)F. The van der Waals surface area contributed by atoms with E-state index in [-0.39, 0.29) is 6.54 Å². The summed E-state index contributed by atoms with van der Waals surface area (Å²) in [4.78, 5) is 11.8. The summed E-state index contributed by atoms with van der Waals surface area (Å²) in [7, 11) is 0. The van der Waals surface area contributed by atoms with E-state index in [0.717, 1.165) is 12.1 Å². The molecule has 0 saturated carbocycles. The highest BCUT2D eigenvalue weighted by atomic mass is 19.4. The number of nitrogens with one attached hydrogen (secondary N) is 1. The van der Waals surface area contributed by atoms with E-state index in [1.165, 1.54) is 0 Å². The summed E-state index contributed by atoms with van der Waals surface area (Å²) < 4.78 is 52.0. The number of hydrogen-bond acceptors (Lipinski definition) is 1. The molecule has 0 bridgehead atoms. The van der Waals surface area contributed by atoms with E-state index < -0.39 is 29.0 Å². The van der Waals surface area contributed by atoms with Crippen LogP contribution in [0.15, 0.2) is 42.5 Å². The third kappa shape index (κ3) is 3.59. The van der Waals surface area contributed by atoms with Gasteiger partial charge in [-0.25, -0.2) is 4.39 Å². The summed E-state index contributed by atoms with van der Waals surface area (Å²) in [5.74, 6) is -2.31. The Morgan fingerprint density at radius 2 is 1.81 bits per heavy atom. The molecule has 1 amide bonds. The number of halogens is 4. The van der Waals surface area contributed by atoms with Gasteiger partial charge in [0.1, 0.15) is 5.82 Å². The zero-order valence-corrected chi connectivity index (χ0v) is 10.7. The highest BCUT2D eigenvalue weighted by molar-refractivity contribution is 5.96. The fraction of sp³-hybridized carbons (Fsp3) is 0.133. The largest absolute Gasteiger partial charge is 0.417 e. The van der Waals surface area contributed by atoms with Crippen molar-refractivity contribution in [3.05, 3.63) is 71.0 Å². The average molecular weight is 296 g/mol. The van der Waals surface area contributed by atoms with Crippen LogP contribution in [-0.4, -0.2) is 5.91 Å². The lowest BCUT2D eigenvalue weighted by atomic mass is 10.1. The number of benzene rings is 2. The fourth-order valence-corrected chi connectivity index (χ4v) is 1.80. The molecule has 0 unspecified atom stereocenters. The van der Waals surface area contributed by atoms with Crippen LogP contribution < -0.4 is 5.32 Å². The summed E-state index contributed by atoms with van der Waals surface area (Å²) in [6, 6.07) is 11.7. The molecule has 1 radical (unpaired) electrons. The van der Waals surface area contributed by atoms with Crippen molar-refractivity contribution in [2.24, 2.45) is 0 Å². The number of carbonyl (C=O) groups is 1. The predicted molar refractivity (Wildman–Crippen MR) is 67.9 cm³/mol. The molecule has 0 aliphatic carbocycles. The quantitative estimate of drug-likeness (QED) is 0.862. The first-order chi connectivity index (χ1) is 9.89. The number of hydrogen-bond donors (Lipinski definition) is 1. The van der Waals surface area contributed by atoms with Crippen molar-refractivity contribution in [2.45, 2.75) is 12.7 Å². The van der Waals surface area contributed by atoms with Crippen LogP contribution in [0.3, 0.4) is 0 Å². The van der Waals surface area contributed by atoms with Gasteiger partial charge in [0.15, 0.2) is 0 Å². The Morgan fingerprint density at radius 1 is 1.14 bits per heavy atom. The lowest BCUT2D eigenvalue weighted by molar-refractivity contribution is -0.138. The average Bonchev–Trinajstić information content (AvgIpc) is 2.44. The van der Waals surface area contributed by atoms with Gasteiger partial charge >= 0.3 is 6.18 Å². The van der Waals surface area contributed by atoms with Crippen molar-refractivity contribution in [3.63, 3.8) is 0 Å². The summed E-state index contributed by atoms with van der Waals surface area (Å²) in [5.41, 5.74) is -1.61. The van der Waals surface area contributed by atoms with Crippen molar-refractivity contribution in [3.8, 4) is 0 Å². The molecule has 2 rings (SSSR count). The Labute approximate surface area is 118 Å². The summed E-state index contributed by atoms with van der Waals surface area (Å²) in [5, 5.41) is 2.28. The summed E-state index contributed by atoms with van der Waals surface area (Å²) in [6.45, 7) is -0.000848. The van der Waals surface area contributed by atoms with Gasteiger partial charge in [0.25, 0.3) is 5.91 Å². The molecule has 0 atom stereocenters. The van der Waals surface area contributed by atoms with Crippen LogP contribution in [0, 0.1) is 11.9 Å². The van der Waals surface area contributed by atoms with Gasteiger partial charge < -0.3 is 5.32 Å². The van der Waals surface area contributed by atoms with Crippen LogP contribution in [0.25, 0.3) is 0 Å². The van der Waals surface area contributed by atoms with E-state index in [9.17, 15) is 22.4 Å². The van der Waals surface area contributed by atoms with Gasteiger partial charge in [0.2, 0.25) is 0 Å². The van der Waals surface area contributed by atoms with Crippen LogP contribution in [0.4, 0.5) is 17.6 Å². The molecule has 0 fully saturated rings. The highest BCUT2D eigenvalue weighted by Crippen LogP contribution is 2.32. The molecule has 0 heterocycles. The molecule has 6 heteroatoms. The van der Waals surface area contributed by atoms with Gasteiger partial charge in [0.05, 0.1) is 11.1 Å². The van der Waals surface area contributed by atoms with E-state index in [1.807, 2.05) is 0 Å². The minimum atomic E-state index is -4.80. The molecule has 0 aromatic heterocycles. The standard InChI is InChI=1S/C15H10F4NO/c16-12-8-4-7-11(15(17,18)19)13(12)14(21)20-9-10-5-2-1-3-6-10/h2-8H,9H2,(H,20,21). The predicted octanol–water partition coefficient (Wildman–Crippen LogP) is 3.57. The Bertz CT molecular complexity index is 638. The van der Waals surface area contributed by atoms with Gasteiger partial charge in [-0.15, -0.1) is 0 Å². The smallest absolute Gasteiger partial charge is 0.348 e. The molecule has 0 saturated heterocycles. The minimum Gasteiger partial charge on any atom is -0.348 e. The van der Waals surface area contributed by atoms with Crippen LogP contribution >= 0.6 is 0 Å². The maximum atomic E-state index is 13.6. The fourth-order valence-electron chi connectivity index (χ4n) is 1.80. The Hall–Kier alpha value is -2.37. The van der Waals surface area contributed by atoms with Crippen LogP contribution in [-0.2, 0) is 12.7 Å². The lowest BCUT2D eigenvalue weighted by Gasteiger charge is -2.13. The molecule has 2 aromatic rings. The van der Waals surface area contributed by atoms with Crippen molar-refractivity contribution in [1.82, 2.24) is 5.32 Å². The summed E-state index contributed by atoms with van der Waals surface area (Å²) in [6.07, 6.45) is -4.80. The molecule has 2 nitrogen and oxygen atoms in total. The second-order valence-corrected chi connectivity index (χ2v) is 4.25. The second kappa shape index (κ2) is 5.95. The zero-order valence-electron chi connectivity index (χ0n) is 10.7. The van der Waals surface area contributed by atoms with Gasteiger partial charge in [-0.05, 0) is 23.8 Å². The molecular formula is C15H10F4NO. The molecule has 2 aromatic carbocycles. The molecule has 1 N–H and O–H groups in total. The lowest BCUT2D eigenvalue weighted by Crippen LogP contribution is -2.27. The van der Waals surface area contributed by atoms with Crippen molar-refractivity contribution >= 4 is 5.91 Å². The van der Waals surface area contributed by atoms with Crippen molar-refractivity contribution < 1.29 is 22.4 Å². The van der Waals surface area contributed by atoms with E-state index in [2.05, 4.69) is 11.4 Å². The van der Waals surface area contributed by atoms with Crippen LogP contribution in [0.2, 0.25) is 0 Å². The molecular weight excluding hydrogens is 286 g/mol. The second-order valence-electron chi connectivity index (χ2n) is 4.25. The van der Waals surface area contributed by atoms with Crippen molar-refractivity contribution in [1.29, 1.82) is 0 Å². The first-order valence-corrected chi connectivity index (χ1v) is 5.98. The Balaban J connectivity index is 2.23.